The Kier molecular flexibility index (Phi) is 3.18. The predicted octanol–water partition coefficient (Wildman–Crippen LogP) is 1.96. The molecule has 0 unspecified atom stereocenters. The summed E-state index contributed by atoms with van der Waals surface area (Å²) in [5, 5.41) is 3.99. The van der Waals surface area contributed by atoms with E-state index in [1.807, 2.05) is 12.1 Å². The summed E-state index contributed by atoms with van der Waals surface area (Å²) >= 11 is 1.48. The summed E-state index contributed by atoms with van der Waals surface area (Å²) in [5.41, 5.74) is 0.719. The summed E-state index contributed by atoms with van der Waals surface area (Å²) in [6.45, 7) is 4.13. The zero-order valence-electron chi connectivity index (χ0n) is 13.5. The zero-order chi connectivity index (χ0) is 16.1. The number of ether oxygens (including phenoxy) is 2. The van der Waals surface area contributed by atoms with Crippen molar-refractivity contribution in [1.29, 1.82) is 0 Å². The Morgan fingerprint density at radius 3 is 2.96 bits per heavy atom. The molecule has 6 heterocycles. The van der Waals surface area contributed by atoms with Gasteiger partial charge in [0, 0.05) is 18.5 Å². The first-order chi connectivity index (χ1) is 11.7. The van der Waals surface area contributed by atoms with E-state index in [9.17, 15) is 0 Å². The molecule has 2 aromatic heterocycles. The molecule has 7 nitrogen and oxygen atoms in total. The third kappa shape index (κ3) is 2.24. The number of anilines is 1. The first kappa shape index (κ1) is 14.4. The summed E-state index contributed by atoms with van der Waals surface area (Å²) < 4.78 is 11.5. The number of hydrogen-bond donors (Lipinski definition) is 1. The van der Waals surface area contributed by atoms with Crippen LogP contribution in [0.15, 0.2) is 17.1 Å². The lowest BCUT2D eigenvalue weighted by molar-refractivity contribution is -0.0829. The Labute approximate surface area is 143 Å². The minimum atomic E-state index is -0.128. The first-order valence-corrected chi connectivity index (χ1v) is 9.10. The van der Waals surface area contributed by atoms with Crippen LogP contribution in [0.3, 0.4) is 0 Å². The van der Waals surface area contributed by atoms with Crippen molar-refractivity contribution < 1.29 is 9.47 Å². The molecule has 0 radical (unpaired) electrons. The number of nitrogens with one attached hydrogen (secondary N) is 1. The van der Waals surface area contributed by atoms with Gasteiger partial charge in [-0.05, 0) is 32.0 Å². The highest BCUT2D eigenvalue weighted by Crippen LogP contribution is 2.41. The Bertz CT molecular complexity index is 814. The van der Waals surface area contributed by atoms with E-state index >= 15 is 0 Å². The topological polar surface area (TPSA) is 71.9 Å². The van der Waals surface area contributed by atoms with Gasteiger partial charge < -0.3 is 9.47 Å². The van der Waals surface area contributed by atoms with Gasteiger partial charge in [-0.2, -0.15) is 0 Å². The molecule has 126 valence electrons. The molecule has 3 saturated heterocycles. The average Bonchev–Trinajstić information content (AvgIpc) is 3.19. The van der Waals surface area contributed by atoms with Crippen LogP contribution in [0.5, 0.6) is 5.88 Å². The van der Waals surface area contributed by atoms with E-state index < -0.39 is 0 Å². The number of thiazole rings is 1. The van der Waals surface area contributed by atoms with Crippen LogP contribution < -0.4 is 10.1 Å². The standard InChI is InChI=1S/C16H19N5O2S/c1-22-12-3-2-11-13(19-12)24-15(18-11)20-14-17-8-16(23-14)9-21-6-4-10(16)5-7-21/h2-3,10H,4-9H2,1H3,(H,17,18,20)/t16-/m1/s1. The maximum atomic E-state index is 6.29. The number of aromatic nitrogens is 2. The molecule has 0 saturated carbocycles. The maximum Gasteiger partial charge on any atom is 0.291 e. The Hall–Kier alpha value is -1.93. The highest BCUT2D eigenvalue weighted by Gasteiger charge is 2.51. The van der Waals surface area contributed by atoms with Crippen LogP contribution >= 0.6 is 11.3 Å². The maximum absolute atomic E-state index is 6.29. The molecular weight excluding hydrogens is 326 g/mol. The second-order valence-electron chi connectivity index (χ2n) is 6.66. The van der Waals surface area contributed by atoms with Crippen LogP contribution in [0.1, 0.15) is 12.8 Å². The Morgan fingerprint density at radius 1 is 1.33 bits per heavy atom. The monoisotopic (exact) mass is 345 g/mol. The lowest BCUT2D eigenvalue weighted by Gasteiger charge is -2.50. The molecule has 24 heavy (non-hydrogen) atoms. The van der Waals surface area contributed by atoms with E-state index in [2.05, 4.69) is 25.2 Å². The Balaban J connectivity index is 1.34. The number of hydrogen-bond acceptors (Lipinski definition) is 8. The average molecular weight is 345 g/mol. The summed E-state index contributed by atoms with van der Waals surface area (Å²) in [7, 11) is 1.61. The third-order valence-corrected chi connectivity index (χ3v) is 6.15. The fraction of sp³-hybridized carbons (Fsp3) is 0.562. The number of rotatable bonds is 2. The van der Waals surface area contributed by atoms with Crippen LogP contribution in [0.4, 0.5) is 5.13 Å². The molecule has 0 amide bonds. The van der Waals surface area contributed by atoms with E-state index in [0.717, 1.165) is 28.6 Å². The summed E-state index contributed by atoms with van der Waals surface area (Å²) in [6, 6.07) is 4.32. The largest absolute Gasteiger partial charge is 0.481 e. The predicted molar refractivity (Wildman–Crippen MR) is 92.9 cm³/mol. The highest BCUT2D eigenvalue weighted by molar-refractivity contribution is 7.21. The van der Waals surface area contributed by atoms with Crippen molar-refractivity contribution in [1.82, 2.24) is 14.9 Å². The Morgan fingerprint density at radius 2 is 2.21 bits per heavy atom. The van der Waals surface area contributed by atoms with Crippen molar-refractivity contribution in [3.63, 3.8) is 0 Å². The van der Waals surface area contributed by atoms with Gasteiger partial charge in [0.1, 0.15) is 15.9 Å². The quantitative estimate of drug-likeness (QED) is 0.897. The molecule has 4 aliphatic rings. The molecule has 2 bridgehead atoms. The number of methoxy groups -OCH3 is 1. The zero-order valence-corrected chi connectivity index (χ0v) is 14.3. The van der Waals surface area contributed by atoms with Gasteiger partial charge in [0.2, 0.25) is 5.88 Å². The molecule has 8 heteroatoms. The fourth-order valence-electron chi connectivity index (χ4n) is 4.01. The third-order valence-electron chi connectivity index (χ3n) is 5.27. The highest BCUT2D eigenvalue weighted by atomic mass is 32.1. The van der Waals surface area contributed by atoms with Gasteiger partial charge in [-0.15, -0.1) is 0 Å². The van der Waals surface area contributed by atoms with Crippen LogP contribution in [0.25, 0.3) is 10.3 Å². The second kappa shape index (κ2) is 5.29. The van der Waals surface area contributed by atoms with E-state index in [0.29, 0.717) is 17.8 Å². The van der Waals surface area contributed by atoms with Gasteiger partial charge in [0.05, 0.1) is 13.7 Å². The fourth-order valence-corrected chi connectivity index (χ4v) is 4.83. The van der Waals surface area contributed by atoms with Crippen molar-refractivity contribution in [3.05, 3.63) is 12.1 Å². The molecule has 1 atom stereocenters. The van der Waals surface area contributed by atoms with Gasteiger partial charge in [0.15, 0.2) is 5.13 Å². The van der Waals surface area contributed by atoms with Gasteiger partial charge in [-0.3, -0.25) is 10.2 Å². The van der Waals surface area contributed by atoms with Crippen LogP contribution in [0, 0.1) is 5.92 Å². The molecule has 2 aromatic rings. The number of piperidine rings is 3. The van der Waals surface area contributed by atoms with Gasteiger partial charge in [-0.1, -0.05) is 11.3 Å². The number of fused-ring (bicyclic) bond motifs is 3. The summed E-state index contributed by atoms with van der Waals surface area (Å²) in [5.74, 6) is 1.21. The van der Waals surface area contributed by atoms with Crippen LogP contribution in [0.2, 0.25) is 0 Å². The van der Waals surface area contributed by atoms with Gasteiger partial charge in [-0.25, -0.2) is 15.0 Å². The molecule has 6 rings (SSSR count). The molecule has 0 aliphatic carbocycles. The second-order valence-corrected chi connectivity index (χ2v) is 7.64. The van der Waals surface area contributed by atoms with E-state index in [1.165, 1.54) is 37.3 Å². The summed E-state index contributed by atoms with van der Waals surface area (Å²) in [6.07, 6.45) is 2.43. The van der Waals surface area contributed by atoms with Crippen molar-refractivity contribution >= 4 is 32.8 Å². The number of aliphatic imine (C=N–C) groups is 1. The molecule has 0 aromatic carbocycles. The minimum absolute atomic E-state index is 0.128. The number of amidine groups is 1. The number of pyridine rings is 1. The van der Waals surface area contributed by atoms with E-state index in [4.69, 9.17) is 9.47 Å². The molecule has 3 fully saturated rings. The smallest absolute Gasteiger partial charge is 0.291 e. The van der Waals surface area contributed by atoms with E-state index in [-0.39, 0.29) is 5.60 Å². The lowest BCUT2D eigenvalue weighted by Crippen LogP contribution is -2.61. The summed E-state index contributed by atoms with van der Waals surface area (Å²) in [4.78, 5) is 16.9. The molecule has 1 spiro atoms. The molecule has 1 N–H and O–H groups in total. The molecular formula is C16H19N5O2S. The normalized spacial score (nSPS) is 31.3. The van der Waals surface area contributed by atoms with E-state index in [1.54, 1.807) is 7.11 Å². The van der Waals surface area contributed by atoms with Gasteiger partial charge in [0.25, 0.3) is 6.02 Å². The molecule has 4 aliphatic heterocycles. The van der Waals surface area contributed by atoms with Crippen LogP contribution in [-0.2, 0) is 4.74 Å². The van der Waals surface area contributed by atoms with Crippen molar-refractivity contribution in [3.8, 4) is 5.88 Å². The first-order valence-electron chi connectivity index (χ1n) is 8.28. The SMILES string of the molecule is COc1ccc2nc(NC3=NC[C@]4(CN5CCC4CC5)O3)sc2n1. The van der Waals surface area contributed by atoms with Gasteiger partial charge >= 0.3 is 0 Å². The van der Waals surface area contributed by atoms with Crippen molar-refractivity contribution in [2.24, 2.45) is 10.9 Å². The van der Waals surface area contributed by atoms with Crippen molar-refractivity contribution in [2.75, 3.05) is 38.6 Å². The minimum Gasteiger partial charge on any atom is -0.481 e. The lowest BCUT2D eigenvalue weighted by atomic mass is 9.75. The van der Waals surface area contributed by atoms with Crippen molar-refractivity contribution in [2.45, 2.75) is 18.4 Å². The van der Waals surface area contributed by atoms with Crippen LogP contribution in [-0.4, -0.2) is 59.8 Å². The number of nitrogens with zero attached hydrogens (tertiary/aromatic N) is 4.